The van der Waals surface area contributed by atoms with Gasteiger partial charge in [0.05, 0.1) is 13.5 Å². The van der Waals surface area contributed by atoms with E-state index in [4.69, 9.17) is 9.84 Å². The number of methoxy groups -OCH3 is 1. The summed E-state index contributed by atoms with van der Waals surface area (Å²) in [6.07, 6.45) is 2.55. The lowest BCUT2D eigenvalue weighted by Gasteiger charge is -2.14. The predicted molar refractivity (Wildman–Crippen MR) is 60.7 cm³/mol. The number of benzene rings is 1. The average molecular weight is 220 g/mol. The first-order chi connectivity index (χ1) is 7.70. The highest BCUT2D eigenvalue weighted by Crippen LogP contribution is 2.44. The van der Waals surface area contributed by atoms with Crippen LogP contribution in [-0.4, -0.2) is 18.2 Å². The van der Waals surface area contributed by atoms with Crippen LogP contribution in [0.2, 0.25) is 0 Å². The molecule has 1 aromatic carbocycles. The van der Waals surface area contributed by atoms with Crippen molar-refractivity contribution in [2.24, 2.45) is 5.92 Å². The lowest BCUT2D eigenvalue weighted by molar-refractivity contribution is -0.137. The second-order valence-electron chi connectivity index (χ2n) is 4.31. The third-order valence-corrected chi connectivity index (χ3v) is 3.13. The molecule has 1 fully saturated rings. The monoisotopic (exact) mass is 220 g/mol. The molecule has 2 rings (SSSR count). The van der Waals surface area contributed by atoms with Crippen LogP contribution < -0.4 is 4.74 Å². The van der Waals surface area contributed by atoms with Gasteiger partial charge < -0.3 is 9.84 Å². The Morgan fingerprint density at radius 1 is 1.44 bits per heavy atom. The molecule has 0 heterocycles. The fourth-order valence-corrected chi connectivity index (χ4v) is 2.09. The van der Waals surface area contributed by atoms with Crippen LogP contribution in [-0.2, 0) is 4.79 Å². The van der Waals surface area contributed by atoms with E-state index in [0.717, 1.165) is 24.2 Å². The molecule has 86 valence electrons. The third-order valence-electron chi connectivity index (χ3n) is 3.13. The fraction of sp³-hybridized carbons (Fsp3) is 0.462. The molecule has 0 unspecified atom stereocenters. The van der Waals surface area contributed by atoms with Crippen LogP contribution in [0.5, 0.6) is 5.75 Å². The van der Waals surface area contributed by atoms with Crippen LogP contribution >= 0.6 is 0 Å². The molecule has 0 spiro atoms. The van der Waals surface area contributed by atoms with E-state index in [1.807, 2.05) is 24.3 Å². The summed E-state index contributed by atoms with van der Waals surface area (Å²) in [5.74, 6) is 0.828. The summed E-state index contributed by atoms with van der Waals surface area (Å²) in [7, 11) is 1.63. The number of carboxylic acids is 1. The molecule has 3 heteroatoms. The summed E-state index contributed by atoms with van der Waals surface area (Å²) in [6, 6.07) is 7.74. The topological polar surface area (TPSA) is 46.5 Å². The van der Waals surface area contributed by atoms with Crippen molar-refractivity contribution >= 4 is 5.97 Å². The van der Waals surface area contributed by atoms with Gasteiger partial charge in [0.2, 0.25) is 0 Å². The van der Waals surface area contributed by atoms with Crippen LogP contribution in [0.25, 0.3) is 0 Å². The Morgan fingerprint density at radius 3 is 2.50 bits per heavy atom. The van der Waals surface area contributed by atoms with Gasteiger partial charge in [0, 0.05) is 0 Å². The molecular weight excluding hydrogens is 204 g/mol. The fourth-order valence-electron chi connectivity index (χ4n) is 2.09. The largest absolute Gasteiger partial charge is 0.497 e. The van der Waals surface area contributed by atoms with Gasteiger partial charge in [-0.3, -0.25) is 4.79 Å². The molecule has 1 aliphatic carbocycles. The lowest BCUT2D eigenvalue weighted by atomic mass is 9.91. The van der Waals surface area contributed by atoms with E-state index < -0.39 is 5.97 Å². The smallest absolute Gasteiger partial charge is 0.303 e. The van der Waals surface area contributed by atoms with Crippen molar-refractivity contribution in [2.75, 3.05) is 7.11 Å². The summed E-state index contributed by atoms with van der Waals surface area (Å²) in [5, 5.41) is 8.90. The van der Waals surface area contributed by atoms with Gasteiger partial charge >= 0.3 is 5.97 Å². The van der Waals surface area contributed by atoms with Crippen molar-refractivity contribution in [3.63, 3.8) is 0 Å². The maximum absolute atomic E-state index is 10.8. The molecule has 0 aromatic heterocycles. The maximum Gasteiger partial charge on any atom is 0.303 e. The Labute approximate surface area is 95.0 Å². The summed E-state index contributed by atoms with van der Waals surface area (Å²) >= 11 is 0. The minimum absolute atomic E-state index is 0.170. The number of carbonyl (C=O) groups is 1. The number of aliphatic carboxylic acids is 1. The molecule has 0 radical (unpaired) electrons. The molecule has 0 amide bonds. The van der Waals surface area contributed by atoms with Gasteiger partial charge in [-0.25, -0.2) is 0 Å². The Morgan fingerprint density at radius 2 is 2.06 bits per heavy atom. The summed E-state index contributed by atoms with van der Waals surface area (Å²) < 4.78 is 5.09. The molecule has 1 saturated carbocycles. The van der Waals surface area contributed by atoms with E-state index in [2.05, 4.69) is 0 Å². The quantitative estimate of drug-likeness (QED) is 0.829. The highest BCUT2D eigenvalue weighted by Gasteiger charge is 2.33. The Bertz CT molecular complexity index is 365. The molecule has 0 aliphatic heterocycles. The molecule has 1 aromatic rings. The summed E-state index contributed by atoms with van der Waals surface area (Å²) in [4.78, 5) is 10.8. The van der Waals surface area contributed by atoms with Crippen molar-refractivity contribution < 1.29 is 14.6 Å². The number of rotatable bonds is 5. The summed E-state index contributed by atoms with van der Waals surface area (Å²) in [6.45, 7) is 0. The second-order valence-corrected chi connectivity index (χ2v) is 4.31. The van der Waals surface area contributed by atoms with Gasteiger partial charge in [0.15, 0.2) is 0 Å². The van der Waals surface area contributed by atoms with Crippen LogP contribution in [0.3, 0.4) is 0 Å². The van der Waals surface area contributed by atoms with Crippen molar-refractivity contribution in [3.05, 3.63) is 29.8 Å². The number of hydrogen-bond donors (Lipinski definition) is 1. The molecule has 1 atom stereocenters. The zero-order valence-corrected chi connectivity index (χ0v) is 9.35. The normalized spacial score (nSPS) is 16.8. The molecule has 1 N–H and O–H groups in total. The predicted octanol–water partition coefficient (Wildman–Crippen LogP) is 2.66. The third kappa shape index (κ3) is 2.54. The van der Waals surface area contributed by atoms with Crippen molar-refractivity contribution in [2.45, 2.75) is 25.2 Å². The van der Waals surface area contributed by atoms with Gasteiger partial charge in [-0.15, -0.1) is 0 Å². The zero-order valence-electron chi connectivity index (χ0n) is 9.35. The average Bonchev–Trinajstić information content (AvgIpc) is 3.10. The van der Waals surface area contributed by atoms with E-state index >= 15 is 0 Å². The summed E-state index contributed by atoms with van der Waals surface area (Å²) in [5.41, 5.74) is 1.12. The van der Waals surface area contributed by atoms with Crippen molar-refractivity contribution in [3.8, 4) is 5.75 Å². The van der Waals surface area contributed by atoms with Gasteiger partial charge in [-0.05, 0) is 42.4 Å². The highest BCUT2D eigenvalue weighted by atomic mass is 16.5. The Kier molecular flexibility index (Phi) is 3.13. The molecular formula is C13H16O3. The van der Waals surface area contributed by atoms with E-state index in [-0.39, 0.29) is 12.3 Å². The van der Waals surface area contributed by atoms with Crippen LogP contribution in [0.1, 0.15) is 30.7 Å². The van der Waals surface area contributed by atoms with E-state index in [9.17, 15) is 4.79 Å². The van der Waals surface area contributed by atoms with Crippen LogP contribution in [0.4, 0.5) is 0 Å². The van der Waals surface area contributed by atoms with Gasteiger partial charge in [-0.2, -0.15) is 0 Å². The molecule has 1 aliphatic rings. The Hall–Kier alpha value is -1.51. The SMILES string of the molecule is COc1ccc([C@H](CC(=O)O)C2CC2)cc1. The number of carboxylic acid groups (broad SMARTS) is 1. The zero-order chi connectivity index (χ0) is 11.5. The highest BCUT2D eigenvalue weighted by molar-refractivity contribution is 5.68. The van der Waals surface area contributed by atoms with Gasteiger partial charge in [0.25, 0.3) is 0 Å². The number of hydrogen-bond acceptors (Lipinski definition) is 2. The molecule has 0 bridgehead atoms. The second kappa shape index (κ2) is 4.56. The Balaban J connectivity index is 2.14. The first-order valence-corrected chi connectivity index (χ1v) is 5.56. The van der Waals surface area contributed by atoms with Crippen molar-refractivity contribution in [1.82, 2.24) is 0 Å². The van der Waals surface area contributed by atoms with Crippen molar-refractivity contribution in [1.29, 1.82) is 0 Å². The lowest BCUT2D eigenvalue weighted by Crippen LogP contribution is -2.08. The molecule has 3 nitrogen and oxygen atoms in total. The number of ether oxygens (including phenoxy) is 1. The van der Waals surface area contributed by atoms with Crippen LogP contribution in [0.15, 0.2) is 24.3 Å². The van der Waals surface area contributed by atoms with Gasteiger partial charge in [0.1, 0.15) is 5.75 Å². The van der Waals surface area contributed by atoms with E-state index in [1.54, 1.807) is 7.11 Å². The molecule has 0 saturated heterocycles. The maximum atomic E-state index is 10.8. The standard InChI is InChI=1S/C13H16O3/c1-16-11-6-4-10(5-7-11)12(8-13(14)15)9-2-3-9/h4-7,9,12H,2-3,8H2,1H3,(H,14,15)/t12-/m1/s1. The van der Waals surface area contributed by atoms with E-state index in [0.29, 0.717) is 5.92 Å². The first kappa shape index (κ1) is 11.0. The minimum atomic E-state index is -0.715. The van der Waals surface area contributed by atoms with Crippen LogP contribution in [0, 0.1) is 5.92 Å². The minimum Gasteiger partial charge on any atom is -0.497 e. The molecule has 16 heavy (non-hydrogen) atoms. The van der Waals surface area contributed by atoms with E-state index in [1.165, 1.54) is 0 Å². The van der Waals surface area contributed by atoms with Gasteiger partial charge in [-0.1, -0.05) is 12.1 Å². The first-order valence-electron chi connectivity index (χ1n) is 5.56.